The number of para-hydroxylation sites is 1. The van der Waals surface area contributed by atoms with Gasteiger partial charge in [0.1, 0.15) is 0 Å². The van der Waals surface area contributed by atoms with E-state index in [1.54, 1.807) is 0 Å². The highest BCUT2D eigenvalue weighted by atomic mass is 35.5. The summed E-state index contributed by atoms with van der Waals surface area (Å²) in [6, 6.07) is 15.2. The minimum Gasteiger partial charge on any atom is -0.376 e. The highest BCUT2D eigenvalue weighted by Crippen LogP contribution is 2.51. The Morgan fingerprint density at radius 2 is 2.00 bits per heavy atom. The lowest BCUT2D eigenvalue weighted by Gasteiger charge is -2.26. The van der Waals surface area contributed by atoms with Gasteiger partial charge in [0.05, 0.1) is 6.04 Å². The highest BCUT2D eigenvalue weighted by Gasteiger charge is 2.38. The van der Waals surface area contributed by atoms with Crippen LogP contribution in [0.4, 0.5) is 5.69 Å². The third-order valence-corrected chi connectivity index (χ3v) is 5.23. The largest absolute Gasteiger partial charge is 0.376 e. The monoisotopic (exact) mass is 294 g/mol. The number of halogens is 1. The molecule has 21 heavy (non-hydrogen) atoms. The molecule has 2 atom stereocenters. The molecular formula is C18H15ClN2. The molecule has 3 heteroatoms. The first-order valence-corrected chi connectivity index (χ1v) is 7.84. The number of fused-ring (bicyclic) bond motifs is 7. The number of aryl methyl sites for hydroxylation is 1. The second-order valence-corrected chi connectivity index (χ2v) is 6.50. The summed E-state index contributed by atoms with van der Waals surface area (Å²) >= 11 is 6.17. The molecule has 0 amide bonds. The van der Waals surface area contributed by atoms with Gasteiger partial charge in [0.2, 0.25) is 0 Å². The molecule has 0 radical (unpaired) electrons. The van der Waals surface area contributed by atoms with Crippen LogP contribution in [0.5, 0.6) is 0 Å². The van der Waals surface area contributed by atoms with Crippen LogP contribution in [0.3, 0.4) is 0 Å². The number of nitrogens with one attached hydrogen (secondary N) is 2. The van der Waals surface area contributed by atoms with Gasteiger partial charge in [0.25, 0.3) is 0 Å². The lowest BCUT2D eigenvalue weighted by molar-refractivity contribution is 0.530. The van der Waals surface area contributed by atoms with Gasteiger partial charge >= 0.3 is 0 Å². The molecule has 1 aliphatic heterocycles. The van der Waals surface area contributed by atoms with Crippen molar-refractivity contribution in [2.24, 2.45) is 0 Å². The van der Waals surface area contributed by atoms with E-state index in [4.69, 9.17) is 11.6 Å². The number of rotatable bonds is 0. The second-order valence-electron chi connectivity index (χ2n) is 6.06. The van der Waals surface area contributed by atoms with Crippen molar-refractivity contribution in [3.63, 3.8) is 0 Å². The standard InChI is InChI=1S/C18H15ClN2/c19-10-5-8-16-14(9-10)13-7-6-12-11-3-1-2-4-15(11)20-17(12)18(13)21-16/h1-5,8-9,12,17,20-21H,6-7H2/t12-,17+/m0/s1. The molecule has 0 spiro atoms. The molecule has 3 aromatic rings. The first-order chi connectivity index (χ1) is 10.3. The lowest BCUT2D eigenvalue weighted by Crippen LogP contribution is -2.19. The number of H-pyrrole nitrogens is 1. The van der Waals surface area contributed by atoms with Crippen LogP contribution in [0.1, 0.15) is 35.2 Å². The Morgan fingerprint density at radius 1 is 1.10 bits per heavy atom. The minimum absolute atomic E-state index is 0.373. The van der Waals surface area contributed by atoms with Crippen LogP contribution in [0.2, 0.25) is 5.02 Å². The number of aromatic amines is 1. The molecule has 0 fully saturated rings. The fourth-order valence-electron chi connectivity index (χ4n) is 4.07. The minimum atomic E-state index is 0.373. The number of aromatic nitrogens is 1. The molecule has 0 saturated carbocycles. The van der Waals surface area contributed by atoms with Gasteiger partial charge in [-0.15, -0.1) is 0 Å². The smallest absolute Gasteiger partial charge is 0.0735 e. The topological polar surface area (TPSA) is 27.8 Å². The molecule has 1 aromatic heterocycles. The highest BCUT2D eigenvalue weighted by molar-refractivity contribution is 6.31. The molecule has 1 aliphatic carbocycles. The predicted molar refractivity (Wildman–Crippen MR) is 87.2 cm³/mol. The fourth-order valence-corrected chi connectivity index (χ4v) is 4.24. The van der Waals surface area contributed by atoms with E-state index in [0.717, 1.165) is 11.4 Å². The van der Waals surface area contributed by atoms with Gasteiger partial charge in [-0.25, -0.2) is 0 Å². The molecule has 2 aromatic carbocycles. The quantitative estimate of drug-likeness (QED) is 0.599. The summed E-state index contributed by atoms with van der Waals surface area (Å²) in [6.07, 6.45) is 2.31. The first kappa shape index (κ1) is 11.7. The number of anilines is 1. The third kappa shape index (κ3) is 1.54. The zero-order chi connectivity index (χ0) is 14.0. The van der Waals surface area contributed by atoms with E-state index in [1.165, 1.54) is 39.8 Å². The summed E-state index contributed by atoms with van der Waals surface area (Å²) in [7, 11) is 0. The predicted octanol–water partition coefficient (Wildman–Crippen LogP) is 5.02. The summed E-state index contributed by atoms with van der Waals surface area (Å²) in [5.41, 5.74) is 6.73. The molecule has 2 aliphatic rings. The maximum atomic E-state index is 6.17. The Bertz CT molecular complexity index is 865. The summed E-state index contributed by atoms with van der Waals surface area (Å²) in [4.78, 5) is 3.63. The van der Waals surface area contributed by atoms with E-state index in [1.807, 2.05) is 6.07 Å². The Balaban J connectivity index is 1.71. The lowest BCUT2D eigenvalue weighted by atomic mass is 9.81. The molecule has 2 heterocycles. The summed E-state index contributed by atoms with van der Waals surface area (Å²) in [6.45, 7) is 0. The van der Waals surface area contributed by atoms with Crippen LogP contribution >= 0.6 is 11.6 Å². The van der Waals surface area contributed by atoms with Crippen LogP contribution in [0.15, 0.2) is 42.5 Å². The molecular weight excluding hydrogens is 280 g/mol. The van der Waals surface area contributed by atoms with Crippen molar-refractivity contribution in [1.29, 1.82) is 0 Å². The van der Waals surface area contributed by atoms with E-state index in [-0.39, 0.29) is 0 Å². The number of hydrogen-bond acceptors (Lipinski definition) is 1. The fraction of sp³-hybridized carbons (Fsp3) is 0.222. The Kier molecular flexibility index (Phi) is 2.25. The van der Waals surface area contributed by atoms with E-state index in [9.17, 15) is 0 Å². The van der Waals surface area contributed by atoms with Crippen molar-refractivity contribution >= 4 is 28.2 Å². The van der Waals surface area contributed by atoms with Crippen molar-refractivity contribution in [3.8, 4) is 0 Å². The summed E-state index contributed by atoms with van der Waals surface area (Å²) in [5.74, 6) is 0.581. The maximum Gasteiger partial charge on any atom is 0.0735 e. The van der Waals surface area contributed by atoms with E-state index >= 15 is 0 Å². The maximum absolute atomic E-state index is 6.17. The van der Waals surface area contributed by atoms with Crippen molar-refractivity contribution in [3.05, 3.63) is 64.3 Å². The molecule has 0 bridgehead atoms. The first-order valence-electron chi connectivity index (χ1n) is 7.47. The van der Waals surface area contributed by atoms with E-state index in [2.05, 4.69) is 46.7 Å². The zero-order valence-electron chi connectivity index (χ0n) is 11.5. The van der Waals surface area contributed by atoms with Crippen molar-refractivity contribution < 1.29 is 0 Å². The Morgan fingerprint density at radius 3 is 2.95 bits per heavy atom. The van der Waals surface area contributed by atoms with Crippen LogP contribution in [-0.2, 0) is 6.42 Å². The van der Waals surface area contributed by atoms with Crippen molar-refractivity contribution in [2.75, 3.05) is 5.32 Å². The molecule has 5 rings (SSSR count). The second kappa shape index (κ2) is 4.05. The van der Waals surface area contributed by atoms with Crippen LogP contribution < -0.4 is 5.32 Å². The summed E-state index contributed by atoms with van der Waals surface area (Å²) in [5, 5.41) is 5.80. The summed E-state index contributed by atoms with van der Waals surface area (Å²) < 4.78 is 0. The number of hydrogen-bond donors (Lipinski definition) is 2. The normalized spacial score (nSPS) is 22.5. The van der Waals surface area contributed by atoms with Crippen molar-refractivity contribution in [1.82, 2.24) is 4.98 Å². The third-order valence-electron chi connectivity index (χ3n) is 4.99. The molecule has 2 N–H and O–H groups in total. The van der Waals surface area contributed by atoms with Gasteiger partial charge in [0.15, 0.2) is 0 Å². The van der Waals surface area contributed by atoms with E-state index < -0.39 is 0 Å². The molecule has 0 saturated heterocycles. The Labute approximate surface area is 128 Å². The van der Waals surface area contributed by atoms with Gasteiger partial charge in [-0.2, -0.15) is 0 Å². The van der Waals surface area contributed by atoms with Crippen LogP contribution in [-0.4, -0.2) is 4.98 Å². The van der Waals surface area contributed by atoms with Gasteiger partial charge < -0.3 is 10.3 Å². The SMILES string of the molecule is Clc1ccc2[nH]c3c(c2c1)CC[C@H]1c2ccccc2N[C@@H]31. The number of benzene rings is 2. The van der Waals surface area contributed by atoms with Gasteiger partial charge in [-0.05, 0) is 48.2 Å². The van der Waals surface area contributed by atoms with Gasteiger partial charge in [-0.1, -0.05) is 29.8 Å². The average molecular weight is 295 g/mol. The Hall–Kier alpha value is -1.93. The zero-order valence-corrected chi connectivity index (χ0v) is 12.2. The van der Waals surface area contributed by atoms with Gasteiger partial charge in [-0.3, -0.25) is 0 Å². The van der Waals surface area contributed by atoms with Crippen molar-refractivity contribution in [2.45, 2.75) is 24.8 Å². The molecule has 104 valence electrons. The van der Waals surface area contributed by atoms with E-state index in [0.29, 0.717) is 12.0 Å². The average Bonchev–Trinajstić information content (AvgIpc) is 3.05. The van der Waals surface area contributed by atoms with Gasteiger partial charge in [0, 0.05) is 33.2 Å². The van der Waals surface area contributed by atoms with Crippen LogP contribution in [0, 0.1) is 0 Å². The van der Waals surface area contributed by atoms with Crippen LogP contribution in [0.25, 0.3) is 10.9 Å². The molecule has 0 unspecified atom stereocenters. The molecule has 2 nitrogen and oxygen atoms in total.